The van der Waals surface area contributed by atoms with Crippen LogP contribution in [0.3, 0.4) is 0 Å². The highest BCUT2D eigenvalue weighted by Gasteiger charge is 2.64. The van der Waals surface area contributed by atoms with Crippen molar-refractivity contribution in [2.75, 3.05) is 20.2 Å². The summed E-state index contributed by atoms with van der Waals surface area (Å²) < 4.78 is 44.6. The number of carbonyl (C=O) groups is 2. The van der Waals surface area contributed by atoms with Crippen LogP contribution in [0.15, 0.2) is 24.3 Å². The first-order valence-electron chi connectivity index (χ1n) is 7.82. The second kappa shape index (κ2) is 6.93. The lowest BCUT2D eigenvalue weighted by molar-refractivity contribution is -0.227. The molecular weight excluding hydrogens is 339 g/mol. The lowest BCUT2D eigenvalue weighted by atomic mass is 9.86. The van der Waals surface area contributed by atoms with Crippen molar-refractivity contribution in [3.63, 3.8) is 0 Å². The minimum absolute atomic E-state index is 0.211. The van der Waals surface area contributed by atoms with E-state index in [1.54, 1.807) is 31.2 Å². The topological polar surface area (TPSA) is 66.8 Å². The molecule has 1 aliphatic heterocycles. The van der Waals surface area contributed by atoms with E-state index in [0.29, 0.717) is 12.2 Å². The van der Waals surface area contributed by atoms with E-state index >= 15 is 0 Å². The van der Waals surface area contributed by atoms with Gasteiger partial charge in [0.05, 0.1) is 7.11 Å². The van der Waals surface area contributed by atoms with Crippen LogP contribution in [-0.4, -0.2) is 48.3 Å². The SMILES string of the molecule is COc1ccc(CC(C)C(=O)N2CCC(C(=O)O)(C(F)(F)F)C2)cc1. The zero-order valence-electron chi connectivity index (χ0n) is 14.0. The van der Waals surface area contributed by atoms with Crippen molar-refractivity contribution in [1.29, 1.82) is 0 Å². The number of hydrogen-bond donors (Lipinski definition) is 1. The van der Waals surface area contributed by atoms with E-state index in [2.05, 4.69) is 0 Å². The summed E-state index contributed by atoms with van der Waals surface area (Å²) in [5.41, 5.74) is -2.02. The van der Waals surface area contributed by atoms with Crippen molar-refractivity contribution in [3.8, 4) is 5.75 Å². The zero-order chi connectivity index (χ0) is 18.8. The summed E-state index contributed by atoms with van der Waals surface area (Å²) in [4.78, 5) is 24.7. The highest BCUT2D eigenvalue weighted by atomic mass is 19.4. The number of aliphatic carboxylic acids is 1. The van der Waals surface area contributed by atoms with Crippen LogP contribution >= 0.6 is 0 Å². The average molecular weight is 359 g/mol. The van der Waals surface area contributed by atoms with Gasteiger partial charge in [0.15, 0.2) is 5.41 Å². The van der Waals surface area contributed by atoms with E-state index in [4.69, 9.17) is 9.84 Å². The maximum atomic E-state index is 13.2. The Morgan fingerprint density at radius 2 is 1.92 bits per heavy atom. The molecule has 1 aliphatic rings. The molecule has 1 heterocycles. The third-order valence-electron chi connectivity index (χ3n) is 4.66. The van der Waals surface area contributed by atoms with Crippen LogP contribution in [0.25, 0.3) is 0 Å². The number of likely N-dealkylation sites (tertiary alicyclic amines) is 1. The summed E-state index contributed by atoms with van der Waals surface area (Å²) in [5.74, 6) is -2.29. The molecule has 1 aromatic rings. The fourth-order valence-corrected chi connectivity index (χ4v) is 3.04. The normalized spacial score (nSPS) is 21.9. The van der Waals surface area contributed by atoms with Crippen LogP contribution < -0.4 is 4.74 Å². The molecule has 0 bridgehead atoms. The summed E-state index contributed by atoms with van der Waals surface area (Å²) in [6, 6.07) is 7.04. The fraction of sp³-hybridized carbons (Fsp3) is 0.529. The molecule has 1 N–H and O–H groups in total. The van der Waals surface area contributed by atoms with Crippen LogP contribution in [0.4, 0.5) is 13.2 Å². The number of carboxylic acid groups (broad SMARTS) is 1. The molecule has 0 aromatic heterocycles. The van der Waals surface area contributed by atoms with Gasteiger partial charge >= 0.3 is 12.1 Å². The van der Waals surface area contributed by atoms with Crippen LogP contribution in [-0.2, 0) is 16.0 Å². The number of alkyl halides is 3. The van der Waals surface area contributed by atoms with Gasteiger partial charge in [0.25, 0.3) is 0 Å². The van der Waals surface area contributed by atoms with Crippen molar-refractivity contribution >= 4 is 11.9 Å². The first-order valence-corrected chi connectivity index (χ1v) is 7.82. The predicted molar refractivity (Wildman–Crippen MR) is 83.2 cm³/mol. The fourth-order valence-electron chi connectivity index (χ4n) is 3.04. The average Bonchev–Trinajstić information content (AvgIpc) is 3.01. The van der Waals surface area contributed by atoms with Gasteiger partial charge in [-0.3, -0.25) is 9.59 Å². The molecule has 2 unspecified atom stereocenters. The number of halogens is 3. The molecule has 138 valence electrons. The van der Waals surface area contributed by atoms with Crippen LogP contribution in [0.2, 0.25) is 0 Å². The Morgan fingerprint density at radius 1 is 1.32 bits per heavy atom. The van der Waals surface area contributed by atoms with E-state index < -0.39 is 42.4 Å². The monoisotopic (exact) mass is 359 g/mol. The Bertz CT molecular complexity index is 644. The Hall–Kier alpha value is -2.25. The number of amides is 1. The maximum Gasteiger partial charge on any atom is 0.406 e. The molecular formula is C17H20F3NO4. The molecule has 1 fully saturated rings. The lowest BCUT2D eigenvalue weighted by Gasteiger charge is -2.28. The molecule has 0 saturated carbocycles. The maximum absolute atomic E-state index is 13.2. The number of rotatable bonds is 5. The van der Waals surface area contributed by atoms with Gasteiger partial charge in [-0.2, -0.15) is 13.2 Å². The highest BCUT2D eigenvalue weighted by molar-refractivity contribution is 5.82. The number of carbonyl (C=O) groups excluding carboxylic acids is 1. The van der Waals surface area contributed by atoms with E-state index in [1.165, 1.54) is 7.11 Å². The quantitative estimate of drug-likeness (QED) is 0.878. The summed E-state index contributed by atoms with van der Waals surface area (Å²) in [6.45, 7) is 0.580. The second-order valence-electron chi connectivity index (χ2n) is 6.35. The van der Waals surface area contributed by atoms with Gasteiger partial charge in [-0.1, -0.05) is 19.1 Å². The van der Waals surface area contributed by atoms with Gasteiger partial charge in [0.2, 0.25) is 5.91 Å². The highest BCUT2D eigenvalue weighted by Crippen LogP contribution is 2.46. The second-order valence-corrected chi connectivity index (χ2v) is 6.35. The molecule has 2 rings (SSSR count). The van der Waals surface area contributed by atoms with E-state index in [1.807, 2.05) is 0 Å². The third-order valence-corrected chi connectivity index (χ3v) is 4.66. The third kappa shape index (κ3) is 3.72. The van der Waals surface area contributed by atoms with E-state index in [-0.39, 0.29) is 6.54 Å². The van der Waals surface area contributed by atoms with Gasteiger partial charge in [0.1, 0.15) is 5.75 Å². The number of carboxylic acids is 1. The Morgan fingerprint density at radius 3 is 2.36 bits per heavy atom. The first kappa shape index (κ1) is 19.1. The molecule has 1 amide bonds. The van der Waals surface area contributed by atoms with Crippen molar-refractivity contribution in [3.05, 3.63) is 29.8 Å². The Kier molecular flexibility index (Phi) is 5.29. The molecule has 2 atom stereocenters. The van der Waals surface area contributed by atoms with Crippen molar-refractivity contribution < 1.29 is 32.6 Å². The molecule has 0 aliphatic carbocycles. The molecule has 0 spiro atoms. The van der Waals surface area contributed by atoms with E-state index in [0.717, 1.165) is 10.5 Å². The molecule has 1 aromatic carbocycles. The van der Waals surface area contributed by atoms with Gasteiger partial charge in [-0.05, 0) is 30.5 Å². The van der Waals surface area contributed by atoms with E-state index in [9.17, 15) is 22.8 Å². The summed E-state index contributed by atoms with van der Waals surface area (Å²) in [6.07, 6.45) is -5.16. The van der Waals surface area contributed by atoms with Gasteiger partial charge < -0.3 is 14.7 Å². The molecule has 25 heavy (non-hydrogen) atoms. The lowest BCUT2D eigenvalue weighted by Crippen LogP contribution is -2.48. The molecule has 8 heteroatoms. The number of benzene rings is 1. The minimum Gasteiger partial charge on any atom is -0.497 e. The number of ether oxygens (including phenoxy) is 1. The number of nitrogens with zero attached hydrogens (tertiary/aromatic N) is 1. The molecule has 1 saturated heterocycles. The zero-order valence-corrected chi connectivity index (χ0v) is 14.0. The van der Waals surface area contributed by atoms with Crippen LogP contribution in [0, 0.1) is 11.3 Å². The van der Waals surface area contributed by atoms with Gasteiger partial charge in [-0.15, -0.1) is 0 Å². The molecule has 5 nitrogen and oxygen atoms in total. The minimum atomic E-state index is -4.90. The predicted octanol–water partition coefficient (Wildman–Crippen LogP) is 2.74. The van der Waals surface area contributed by atoms with Crippen molar-refractivity contribution in [1.82, 2.24) is 4.90 Å². The summed E-state index contributed by atoms with van der Waals surface area (Å²) >= 11 is 0. The summed E-state index contributed by atoms with van der Waals surface area (Å²) in [5, 5.41) is 9.05. The van der Waals surface area contributed by atoms with Gasteiger partial charge in [0, 0.05) is 19.0 Å². The van der Waals surface area contributed by atoms with Crippen LogP contribution in [0.5, 0.6) is 5.75 Å². The first-order chi connectivity index (χ1) is 11.6. The molecule has 0 radical (unpaired) electrons. The van der Waals surface area contributed by atoms with Crippen molar-refractivity contribution in [2.24, 2.45) is 11.3 Å². The largest absolute Gasteiger partial charge is 0.497 e. The number of hydrogen-bond acceptors (Lipinski definition) is 3. The Labute approximate surface area is 143 Å². The Balaban J connectivity index is 2.06. The standard InChI is InChI=1S/C17H20F3NO4/c1-11(9-12-3-5-13(25-2)6-4-12)14(22)21-8-7-16(10-21,15(23)24)17(18,19)20/h3-6,11H,7-10H2,1-2H3,(H,23,24). The van der Waals surface area contributed by atoms with Crippen molar-refractivity contribution in [2.45, 2.75) is 25.9 Å². The number of methoxy groups -OCH3 is 1. The smallest absolute Gasteiger partial charge is 0.406 e. The van der Waals surface area contributed by atoms with Gasteiger partial charge in [-0.25, -0.2) is 0 Å². The summed E-state index contributed by atoms with van der Waals surface area (Å²) in [7, 11) is 1.53. The van der Waals surface area contributed by atoms with Crippen LogP contribution in [0.1, 0.15) is 18.9 Å².